The molecule has 0 aliphatic carbocycles. The van der Waals surface area contributed by atoms with Gasteiger partial charge in [0.1, 0.15) is 0 Å². The Labute approximate surface area is 86.7 Å². The summed E-state index contributed by atoms with van der Waals surface area (Å²) in [6.07, 6.45) is 0. The summed E-state index contributed by atoms with van der Waals surface area (Å²) in [5, 5.41) is 0. The van der Waals surface area contributed by atoms with E-state index in [1.54, 1.807) is 0 Å². The molecule has 0 saturated heterocycles. The van der Waals surface area contributed by atoms with Crippen molar-refractivity contribution in [3.05, 3.63) is 0 Å². The zero-order chi connectivity index (χ0) is 2.00. The first-order valence-corrected chi connectivity index (χ1v) is 1.67. The van der Waals surface area contributed by atoms with E-state index in [9.17, 15) is 0 Å². The van der Waals surface area contributed by atoms with E-state index in [0.29, 0.717) is 0 Å². The van der Waals surface area contributed by atoms with Gasteiger partial charge in [-0.25, -0.2) is 0 Å². The standard InChI is InChI=1S/2Hf.La.O. The zero-order valence-corrected chi connectivity index (χ0v) is 12.8. The van der Waals surface area contributed by atoms with E-state index in [1.165, 1.54) is 0 Å². The van der Waals surface area contributed by atoms with E-state index in [-0.39, 0.29) is 85.8 Å². The predicted octanol–water partition coefficient (Wildman–Crippen LogP) is -0.124. The van der Waals surface area contributed by atoms with E-state index in [4.69, 9.17) is 2.85 Å². The first kappa shape index (κ1) is 15.9. The summed E-state index contributed by atoms with van der Waals surface area (Å²) in [7, 11) is 0. The fourth-order valence-electron chi connectivity index (χ4n) is 0. The molecule has 0 unspecified atom stereocenters. The molecule has 4 heteroatoms. The molecule has 0 amide bonds. The number of hydrogen-bond acceptors (Lipinski definition) is 1. The molecule has 0 saturated carbocycles. The predicted molar refractivity (Wildman–Crippen MR) is 0.686 cm³/mol. The Bertz CT molecular complexity index is 6.00. The summed E-state index contributed by atoms with van der Waals surface area (Å²) < 4.78 is 8.39. The summed E-state index contributed by atoms with van der Waals surface area (Å²) in [6, 6.07) is 0. The summed E-state index contributed by atoms with van der Waals surface area (Å²) in [6.45, 7) is 0. The van der Waals surface area contributed by atoms with Crippen LogP contribution < -0.4 is 0 Å². The first-order valence-electron chi connectivity index (χ1n) is 0.204. The van der Waals surface area contributed by atoms with Crippen LogP contribution in [0, 0.1) is 35.6 Å². The average Bonchev–Trinajstić information content (AvgIpc) is 1.00. The minimum absolute atomic E-state index is 0. The van der Waals surface area contributed by atoms with Crippen molar-refractivity contribution < 1.29 is 88.7 Å². The second kappa shape index (κ2) is 17.2. The van der Waals surface area contributed by atoms with Crippen molar-refractivity contribution in [3.63, 3.8) is 0 Å². The molecular weight excluding hydrogens is 512 g/mol. The Morgan fingerprint density at radius 1 is 1.25 bits per heavy atom. The van der Waals surface area contributed by atoms with E-state index in [0.717, 1.165) is 0 Å². The Morgan fingerprint density at radius 2 is 1.25 bits per heavy atom. The summed E-state index contributed by atoms with van der Waals surface area (Å²) in [5.41, 5.74) is 0. The van der Waals surface area contributed by atoms with Crippen LogP contribution in [0.4, 0.5) is 0 Å². The van der Waals surface area contributed by atoms with Crippen LogP contribution in [0.1, 0.15) is 0 Å². The molecule has 0 aromatic rings. The van der Waals surface area contributed by atoms with E-state index >= 15 is 0 Å². The van der Waals surface area contributed by atoms with Crippen LogP contribution in [0.3, 0.4) is 0 Å². The van der Waals surface area contributed by atoms with E-state index in [2.05, 4.69) is 0 Å². The normalized spacial score (nSPS) is 0.750. The van der Waals surface area contributed by atoms with Crippen molar-refractivity contribution in [2.75, 3.05) is 0 Å². The van der Waals surface area contributed by atoms with Crippen LogP contribution in [-0.4, -0.2) is 0 Å². The van der Waals surface area contributed by atoms with Gasteiger partial charge in [-0.05, 0) is 0 Å². The van der Waals surface area contributed by atoms with Crippen molar-refractivity contribution in [3.8, 4) is 0 Å². The molecular formula is Hf2LaO. The van der Waals surface area contributed by atoms with Crippen molar-refractivity contribution in [1.29, 1.82) is 0 Å². The number of rotatable bonds is 0. The maximum atomic E-state index is 8.39. The third-order valence-electron chi connectivity index (χ3n) is 0. The van der Waals surface area contributed by atoms with Crippen LogP contribution in [0.2, 0.25) is 0 Å². The van der Waals surface area contributed by atoms with Gasteiger partial charge in [0.05, 0.1) is 0 Å². The molecule has 0 N–H and O–H groups in total. The Morgan fingerprint density at radius 3 is 1.25 bits per heavy atom. The monoisotopic (exact) mass is 515 g/mol. The van der Waals surface area contributed by atoms with Gasteiger partial charge in [-0.15, -0.1) is 0 Å². The molecule has 0 heterocycles. The molecule has 0 fully saturated rings. The van der Waals surface area contributed by atoms with Crippen molar-refractivity contribution >= 4 is 0 Å². The molecule has 1 radical (unpaired) electrons. The minimum atomic E-state index is 0. The van der Waals surface area contributed by atoms with Gasteiger partial charge in [0.25, 0.3) is 0 Å². The molecule has 0 aliphatic rings. The molecule has 0 spiro atoms. The van der Waals surface area contributed by atoms with Gasteiger partial charge in [0.2, 0.25) is 0 Å². The molecule has 0 atom stereocenters. The zero-order valence-electron chi connectivity index (χ0n) is 1.99. The number of hydrogen-bond donors (Lipinski definition) is 0. The van der Waals surface area contributed by atoms with Crippen LogP contribution in [0.25, 0.3) is 0 Å². The van der Waals surface area contributed by atoms with Crippen molar-refractivity contribution in [2.45, 2.75) is 0 Å². The van der Waals surface area contributed by atoms with Gasteiger partial charge < -0.3 is 0 Å². The fraction of sp³-hybridized carbons (Fsp3) is 0. The molecule has 17 valence electrons. The Kier molecular flexibility index (Phi) is 68.2. The summed E-state index contributed by atoms with van der Waals surface area (Å²) in [4.78, 5) is 0. The van der Waals surface area contributed by atoms with Gasteiger partial charge >= 0.3 is 27.2 Å². The first-order chi connectivity index (χ1) is 1.00. The van der Waals surface area contributed by atoms with Gasteiger partial charge in [-0.2, -0.15) is 0 Å². The quantitative estimate of drug-likeness (QED) is 0.415. The SMILES string of the molecule is [Hf].[La].[O]=[Hf]. The van der Waals surface area contributed by atoms with E-state index in [1.807, 2.05) is 0 Å². The van der Waals surface area contributed by atoms with Crippen molar-refractivity contribution in [1.82, 2.24) is 0 Å². The second-order valence-corrected chi connectivity index (χ2v) is 0. The van der Waals surface area contributed by atoms with Gasteiger partial charge in [-0.3, -0.25) is 0 Å². The van der Waals surface area contributed by atoms with Crippen LogP contribution in [0.5, 0.6) is 0 Å². The second-order valence-electron chi connectivity index (χ2n) is 0. The Balaban J connectivity index is -0.00000000500. The third-order valence-corrected chi connectivity index (χ3v) is 0. The molecule has 1 nitrogen and oxygen atoms in total. The van der Waals surface area contributed by atoms with E-state index < -0.39 is 0 Å². The van der Waals surface area contributed by atoms with Gasteiger partial charge in [-0.1, -0.05) is 0 Å². The molecule has 0 aromatic heterocycles. The summed E-state index contributed by atoms with van der Waals surface area (Å²) in [5.74, 6) is 0. The van der Waals surface area contributed by atoms with Crippen LogP contribution in [-0.2, 0) is 53.1 Å². The molecule has 0 aromatic carbocycles. The van der Waals surface area contributed by atoms with Crippen LogP contribution in [0.15, 0.2) is 0 Å². The van der Waals surface area contributed by atoms with Gasteiger partial charge in [0, 0.05) is 61.4 Å². The van der Waals surface area contributed by atoms with Crippen molar-refractivity contribution in [2.24, 2.45) is 0 Å². The maximum absolute atomic E-state index is 8.39. The molecule has 0 bridgehead atoms. The molecule has 0 aliphatic heterocycles. The molecule has 4 heavy (non-hydrogen) atoms. The average molecular weight is 512 g/mol. The Hall–Kier alpha value is 2.74. The topological polar surface area (TPSA) is 17.1 Å². The summed E-state index contributed by atoms with van der Waals surface area (Å²) >= 11 is 0.0556. The third kappa shape index (κ3) is 8.83. The molecule has 0 rings (SSSR count). The fourth-order valence-corrected chi connectivity index (χ4v) is 0. The van der Waals surface area contributed by atoms with Crippen LogP contribution >= 0.6 is 0 Å². The van der Waals surface area contributed by atoms with Gasteiger partial charge in [0.15, 0.2) is 0 Å².